The lowest BCUT2D eigenvalue weighted by molar-refractivity contribution is 0.0508. The molecule has 108 valence electrons. The fourth-order valence-corrected chi connectivity index (χ4v) is 2.77. The SMILES string of the molecule is CCOC(=O)c1cc(C(O[SiH](C)C)C(C)(C)C)on1. The van der Waals surface area contributed by atoms with Crippen molar-refractivity contribution in [2.24, 2.45) is 5.41 Å². The molecule has 0 aliphatic carbocycles. The quantitative estimate of drug-likeness (QED) is 0.615. The van der Waals surface area contributed by atoms with E-state index in [0.29, 0.717) is 12.4 Å². The van der Waals surface area contributed by atoms with Gasteiger partial charge in [-0.05, 0) is 25.4 Å². The van der Waals surface area contributed by atoms with Crippen LogP contribution in [0.25, 0.3) is 0 Å². The van der Waals surface area contributed by atoms with Gasteiger partial charge in [-0.2, -0.15) is 0 Å². The number of hydrogen-bond acceptors (Lipinski definition) is 5. The molecule has 0 amide bonds. The largest absolute Gasteiger partial charge is 0.461 e. The first-order chi connectivity index (χ1) is 8.75. The topological polar surface area (TPSA) is 61.6 Å². The van der Waals surface area contributed by atoms with Gasteiger partial charge in [0.2, 0.25) is 0 Å². The van der Waals surface area contributed by atoms with Gasteiger partial charge in [-0.3, -0.25) is 0 Å². The van der Waals surface area contributed by atoms with Crippen LogP contribution in [0.1, 0.15) is 50.0 Å². The van der Waals surface area contributed by atoms with E-state index in [-0.39, 0.29) is 17.2 Å². The molecule has 1 atom stereocenters. The Balaban J connectivity index is 2.95. The molecule has 0 saturated heterocycles. The lowest BCUT2D eigenvalue weighted by Gasteiger charge is -2.30. The summed E-state index contributed by atoms with van der Waals surface area (Å²) in [5.41, 5.74) is 0.0723. The molecule has 0 aliphatic heterocycles. The maximum Gasteiger partial charge on any atom is 0.360 e. The molecule has 1 heterocycles. The van der Waals surface area contributed by atoms with Gasteiger partial charge in [0.25, 0.3) is 0 Å². The van der Waals surface area contributed by atoms with Crippen LogP contribution in [0.3, 0.4) is 0 Å². The highest BCUT2D eigenvalue weighted by Crippen LogP contribution is 2.36. The Morgan fingerprint density at radius 3 is 2.58 bits per heavy atom. The highest BCUT2D eigenvalue weighted by Gasteiger charge is 2.32. The van der Waals surface area contributed by atoms with E-state index in [9.17, 15) is 4.79 Å². The van der Waals surface area contributed by atoms with E-state index in [4.69, 9.17) is 13.7 Å². The molecular formula is C13H23NO4Si. The predicted octanol–water partition coefficient (Wildman–Crippen LogP) is 2.94. The molecule has 0 spiro atoms. The molecule has 0 aromatic carbocycles. The molecule has 19 heavy (non-hydrogen) atoms. The van der Waals surface area contributed by atoms with Crippen molar-refractivity contribution < 1.29 is 18.5 Å². The summed E-state index contributed by atoms with van der Waals surface area (Å²) < 4.78 is 16.2. The molecule has 0 bridgehead atoms. The first-order valence-electron chi connectivity index (χ1n) is 6.55. The molecule has 0 aliphatic rings. The van der Waals surface area contributed by atoms with E-state index < -0.39 is 15.0 Å². The van der Waals surface area contributed by atoms with Gasteiger partial charge >= 0.3 is 5.97 Å². The second kappa shape index (κ2) is 6.34. The highest BCUT2D eigenvalue weighted by molar-refractivity contribution is 6.48. The molecule has 1 aromatic heterocycles. The van der Waals surface area contributed by atoms with Gasteiger partial charge in [0.1, 0.15) is 6.10 Å². The summed E-state index contributed by atoms with van der Waals surface area (Å²) in [5.74, 6) is 0.115. The van der Waals surface area contributed by atoms with E-state index in [1.165, 1.54) is 0 Å². The maximum atomic E-state index is 11.6. The number of carbonyl (C=O) groups is 1. The molecule has 6 heteroatoms. The minimum absolute atomic E-state index is 0.122. The third kappa shape index (κ3) is 4.47. The number of nitrogens with zero attached hydrogens (tertiary/aromatic N) is 1. The van der Waals surface area contributed by atoms with Gasteiger partial charge in [-0.15, -0.1) is 0 Å². The molecular weight excluding hydrogens is 262 g/mol. The molecule has 1 unspecified atom stereocenters. The lowest BCUT2D eigenvalue weighted by Crippen LogP contribution is -2.25. The zero-order valence-electron chi connectivity index (χ0n) is 12.5. The van der Waals surface area contributed by atoms with E-state index in [1.807, 2.05) is 0 Å². The van der Waals surface area contributed by atoms with Crippen molar-refractivity contribution >= 4 is 15.0 Å². The Hall–Kier alpha value is -1.14. The molecule has 0 saturated carbocycles. The highest BCUT2D eigenvalue weighted by atomic mass is 28.3. The van der Waals surface area contributed by atoms with Crippen LogP contribution in [0.2, 0.25) is 13.1 Å². The Kier molecular flexibility index (Phi) is 5.31. The van der Waals surface area contributed by atoms with Crippen LogP contribution in [0.4, 0.5) is 0 Å². The van der Waals surface area contributed by atoms with Crippen molar-refractivity contribution in [3.63, 3.8) is 0 Å². The van der Waals surface area contributed by atoms with Crippen LogP contribution in [-0.4, -0.2) is 26.8 Å². The van der Waals surface area contributed by atoms with Gasteiger partial charge < -0.3 is 13.7 Å². The Bertz CT molecular complexity index is 423. The van der Waals surface area contributed by atoms with Crippen molar-refractivity contribution in [2.45, 2.75) is 46.9 Å². The molecule has 1 aromatic rings. The summed E-state index contributed by atoms with van der Waals surface area (Å²) >= 11 is 0. The number of ether oxygens (including phenoxy) is 1. The number of aromatic nitrogens is 1. The lowest BCUT2D eigenvalue weighted by atomic mass is 9.87. The van der Waals surface area contributed by atoms with Crippen molar-refractivity contribution in [3.05, 3.63) is 17.5 Å². The minimum atomic E-state index is -1.23. The van der Waals surface area contributed by atoms with E-state index >= 15 is 0 Å². The number of carbonyl (C=O) groups excluding carboxylic acids is 1. The van der Waals surface area contributed by atoms with Crippen molar-refractivity contribution in [1.82, 2.24) is 5.16 Å². The molecule has 5 nitrogen and oxygen atoms in total. The zero-order chi connectivity index (χ0) is 14.6. The Morgan fingerprint density at radius 2 is 2.11 bits per heavy atom. The number of rotatable bonds is 5. The van der Waals surface area contributed by atoms with Crippen molar-refractivity contribution in [2.75, 3.05) is 6.61 Å². The average molecular weight is 285 g/mol. The fourth-order valence-electron chi connectivity index (χ4n) is 1.68. The van der Waals surface area contributed by atoms with Crippen LogP contribution in [0.15, 0.2) is 10.6 Å². The van der Waals surface area contributed by atoms with Gasteiger partial charge in [-0.25, -0.2) is 4.79 Å². The summed E-state index contributed by atoms with van der Waals surface area (Å²) in [6.07, 6.45) is -0.199. The summed E-state index contributed by atoms with van der Waals surface area (Å²) in [7, 11) is -1.23. The predicted molar refractivity (Wildman–Crippen MR) is 74.6 cm³/mol. The third-order valence-electron chi connectivity index (χ3n) is 2.47. The summed E-state index contributed by atoms with van der Waals surface area (Å²) in [4.78, 5) is 11.6. The van der Waals surface area contributed by atoms with E-state index in [1.54, 1.807) is 13.0 Å². The van der Waals surface area contributed by atoms with E-state index in [0.717, 1.165) is 0 Å². The molecule has 0 fully saturated rings. The monoisotopic (exact) mass is 285 g/mol. The van der Waals surface area contributed by atoms with Gasteiger partial charge in [0.15, 0.2) is 20.5 Å². The Labute approximate surface area is 116 Å². The van der Waals surface area contributed by atoms with Gasteiger partial charge in [-0.1, -0.05) is 25.9 Å². The van der Waals surface area contributed by atoms with Crippen LogP contribution >= 0.6 is 0 Å². The Morgan fingerprint density at radius 1 is 1.47 bits per heavy atom. The standard InChI is InChI=1S/C13H23NO4Si/c1-7-16-12(15)9-8-10(17-14-9)11(13(2,3)4)18-19(5)6/h8,11,19H,7H2,1-6H3. The fraction of sp³-hybridized carbons (Fsp3) is 0.692. The molecule has 0 N–H and O–H groups in total. The summed E-state index contributed by atoms with van der Waals surface area (Å²) in [6, 6.07) is 1.62. The summed E-state index contributed by atoms with van der Waals surface area (Å²) in [5, 5.41) is 3.76. The third-order valence-corrected chi connectivity index (χ3v) is 3.28. The van der Waals surface area contributed by atoms with E-state index in [2.05, 4.69) is 39.0 Å². The second-order valence-corrected chi connectivity index (χ2v) is 8.14. The van der Waals surface area contributed by atoms with Gasteiger partial charge in [0, 0.05) is 6.07 Å². The number of esters is 1. The number of hydrogen-bond donors (Lipinski definition) is 0. The minimum Gasteiger partial charge on any atom is -0.461 e. The van der Waals surface area contributed by atoms with Crippen LogP contribution in [-0.2, 0) is 9.16 Å². The normalized spacial score (nSPS) is 13.6. The van der Waals surface area contributed by atoms with Crippen molar-refractivity contribution in [3.8, 4) is 0 Å². The van der Waals surface area contributed by atoms with Crippen LogP contribution in [0, 0.1) is 5.41 Å². The zero-order valence-corrected chi connectivity index (χ0v) is 13.7. The smallest absolute Gasteiger partial charge is 0.360 e. The van der Waals surface area contributed by atoms with Crippen LogP contribution in [0.5, 0.6) is 0 Å². The molecule has 0 radical (unpaired) electrons. The van der Waals surface area contributed by atoms with Crippen molar-refractivity contribution in [1.29, 1.82) is 0 Å². The maximum absolute atomic E-state index is 11.6. The first-order valence-corrected chi connectivity index (χ1v) is 9.33. The average Bonchev–Trinajstić information content (AvgIpc) is 2.73. The first kappa shape index (κ1) is 15.9. The second-order valence-electron chi connectivity index (χ2n) is 5.77. The molecule has 1 rings (SSSR count). The van der Waals surface area contributed by atoms with Gasteiger partial charge in [0.05, 0.1) is 6.61 Å². The van der Waals surface area contributed by atoms with Crippen LogP contribution < -0.4 is 0 Å². The summed E-state index contributed by atoms with van der Waals surface area (Å²) in [6.45, 7) is 12.5.